The molecule has 98 valence electrons. The Morgan fingerprint density at radius 3 is 3.00 bits per heavy atom. The van der Waals surface area contributed by atoms with Crippen molar-refractivity contribution in [2.24, 2.45) is 5.73 Å². The second-order valence-corrected chi connectivity index (χ2v) is 4.88. The molecule has 18 heavy (non-hydrogen) atoms. The number of carbonyl (C=O) groups excluding carboxylic acids is 1. The van der Waals surface area contributed by atoms with Crippen molar-refractivity contribution < 1.29 is 14.3 Å². The number of nitrogens with one attached hydrogen (secondary N) is 1. The van der Waals surface area contributed by atoms with Gasteiger partial charge in [0.2, 0.25) is 12.7 Å². The number of rotatable bonds is 5. The molecule has 0 aromatic heterocycles. The van der Waals surface area contributed by atoms with E-state index >= 15 is 0 Å². The van der Waals surface area contributed by atoms with E-state index in [9.17, 15) is 4.79 Å². The molecule has 1 unspecified atom stereocenters. The van der Waals surface area contributed by atoms with Crippen molar-refractivity contribution >= 4 is 21.8 Å². The minimum Gasteiger partial charge on any atom is -0.454 e. The number of primary amides is 1. The van der Waals surface area contributed by atoms with Gasteiger partial charge >= 0.3 is 0 Å². The summed E-state index contributed by atoms with van der Waals surface area (Å²) in [6, 6.07) is 3.09. The number of amides is 1. The molecule has 0 saturated carbocycles. The first kappa shape index (κ1) is 13.2. The number of ether oxygens (including phenoxy) is 2. The zero-order valence-corrected chi connectivity index (χ0v) is 11.6. The van der Waals surface area contributed by atoms with Gasteiger partial charge in [-0.25, -0.2) is 0 Å². The largest absolute Gasteiger partial charge is 0.454 e. The summed E-state index contributed by atoms with van der Waals surface area (Å²) in [5.74, 6) is 0.885. The van der Waals surface area contributed by atoms with E-state index in [-0.39, 0.29) is 6.79 Å². The topological polar surface area (TPSA) is 73.6 Å². The van der Waals surface area contributed by atoms with E-state index in [0.717, 1.165) is 23.0 Å². The highest BCUT2D eigenvalue weighted by atomic mass is 79.9. The maximum Gasteiger partial charge on any atom is 0.239 e. The van der Waals surface area contributed by atoms with Gasteiger partial charge in [0, 0.05) is 0 Å². The molecular formula is C12H15BrN2O3. The van der Waals surface area contributed by atoms with Crippen LogP contribution in [-0.4, -0.2) is 19.2 Å². The molecule has 0 spiro atoms. The summed E-state index contributed by atoms with van der Waals surface area (Å²) in [6.45, 7) is 2.95. The number of carbonyl (C=O) groups is 1. The lowest BCUT2D eigenvalue weighted by molar-refractivity contribution is -0.120. The Bertz CT molecular complexity index is 465. The van der Waals surface area contributed by atoms with Gasteiger partial charge in [0.1, 0.15) is 6.04 Å². The highest BCUT2D eigenvalue weighted by molar-refractivity contribution is 9.10. The van der Waals surface area contributed by atoms with Crippen LogP contribution in [0.2, 0.25) is 0 Å². The highest BCUT2D eigenvalue weighted by Gasteiger charge is 2.23. The molecule has 3 N–H and O–H groups in total. The SMILES string of the molecule is CCCNC(C(N)=O)c1cc(Br)c2c(c1)OCO2. The Hall–Kier alpha value is -1.27. The van der Waals surface area contributed by atoms with Gasteiger partial charge in [0.05, 0.1) is 4.47 Å². The number of halogens is 1. The molecule has 1 atom stereocenters. The quantitative estimate of drug-likeness (QED) is 0.867. The molecule has 1 aromatic carbocycles. The van der Waals surface area contributed by atoms with Crippen LogP contribution in [0.25, 0.3) is 0 Å². The van der Waals surface area contributed by atoms with Crippen molar-refractivity contribution in [3.63, 3.8) is 0 Å². The summed E-state index contributed by atoms with van der Waals surface area (Å²) < 4.78 is 11.4. The van der Waals surface area contributed by atoms with Crippen LogP contribution in [0.3, 0.4) is 0 Å². The molecule has 0 fully saturated rings. The average molecular weight is 315 g/mol. The standard InChI is InChI=1S/C12H15BrN2O3/c1-2-3-15-10(12(14)16)7-4-8(13)11-9(5-7)17-6-18-11/h4-5,10,15H,2-3,6H2,1H3,(H2,14,16). The maximum atomic E-state index is 11.5. The zero-order chi connectivity index (χ0) is 13.1. The van der Waals surface area contributed by atoms with E-state index in [4.69, 9.17) is 15.2 Å². The van der Waals surface area contributed by atoms with Crippen LogP contribution in [0.4, 0.5) is 0 Å². The zero-order valence-electron chi connectivity index (χ0n) is 10.0. The van der Waals surface area contributed by atoms with Crippen molar-refractivity contribution in [1.82, 2.24) is 5.32 Å². The third-order valence-corrected chi connectivity index (χ3v) is 3.25. The minimum atomic E-state index is -0.518. The Balaban J connectivity index is 2.30. The first-order valence-corrected chi connectivity index (χ1v) is 6.54. The predicted molar refractivity (Wildman–Crippen MR) is 70.5 cm³/mol. The van der Waals surface area contributed by atoms with Gasteiger partial charge in [-0.2, -0.15) is 0 Å². The molecule has 2 rings (SSSR count). The molecule has 0 aliphatic carbocycles. The van der Waals surface area contributed by atoms with E-state index in [1.54, 1.807) is 6.07 Å². The van der Waals surface area contributed by atoms with Crippen molar-refractivity contribution in [2.45, 2.75) is 19.4 Å². The average Bonchev–Trinajstić information content (AvgIpc) is 2.78. The van der Waals surface area contributed by atoms with Gasteiger partial charge in [-0.1, -0.05) is 6.92 Å². The summed E-state index contributed by atoms with van der Waals surface area (Å²) >= 11 is 3.40. The van der Waals surface area contributed by atoms with Gasteiger partial charge in [0.25, 0.3) is 0 Å². The smallest absolute Gasteiger partial charge is 0.239 e. The normalized spacial score (nSPS) is 14.6. The van der Waals surface area contributed by atoms with Crippen LogP contribution < -0.4 is 20.5 Å². The van der Waals surface area contributed by atoms with Gasteiger partial charge < -0.3 is 20.5 Å². The fraction of sp³-hybridized carbons (Fsp3) is 0.417. The van der Waals surface area contributed by atoms with Gasteiger partial charge in [-0.3, -0.25) is 4.79 Å². The van der Waals surface area contributed by atoms with Crippen LogP contribution in [0, 0.1) is 0 Å². The van der Waals surface area contributed by atoms with Crippen LogP contribution in [0.5, 0.6) is 11.5 Å². The van der Waals surface area contributed by atoms with E-state index in [2.05, 4.69) is 21.2 Å². The van der Waals surface area contributed by atoms with Crippen LogP contribution in [0.1, 0.15) is 24.9 Å². The van der Waals surface area contributed by atoms with Crippen LogP contribution in [0.15, 0.2) is 16.6 Å². The number of hydrogen-bond acceptors (Lipinski definition) is 4. The maximum absolute atomic E-state index is 11.5. The van der Waals surface area contributed by atoms with Crippen molar-refractivity contribution in [3.8, 4) is 11.5 Å². The summed E-state index contributed by atoms with van der Waals surface area (Å²) in [5.41, 5.74) is 6.19. The molecule has 1 aliphatic heterocycles. The third kappa shape index (κ3) is 2.59. The molecule has 6 heteroatoms. The first-order chi connectivity index (χ1) is 8.63. The van der Waals surface area contributed by atoms with Gasteiger partial charge in [0.15, 0.2) is 11.5 Å². The molecule has 1 aromatic rings. The number of nitrogens with two attached hydrogens (primary N) is 1. The van der Waals surface area contributed by atoms with E-state index in [1.807, 2.05) is 13.0 Å². The van der Waals surface area contributed by atoms with Gasteiger partial charge in [-0.15, -0.1) is 0 Å². The van der Waals surface area contributed by atoms with Crippen molar-refractivity contribution in [1.29, 1.82) is 0 Å². The first-order valence-electron chi connectivity index (χ1n) is 5.75. The number of fused-ring (bicyclic) bond motifs is 1. The number of benzene rings is 1. The molecule has 1 aliphatic rings. The monoisotopic (exact) mass is 314 g/mol. The van der Waals surface area contributed by atoms with Crippen LogP contribution >= 0.6 is 15.9 Å². The van der Waals surface area contributed by atoms with E-state index < -0.39 is 11.9 Å². The third-order valence-electron chi connectivity index (χ3n) is 2.67. The van der Waals surface area contributed by atoms with E-state index in [0.29, 0.717) is 11.5 Å². The van der Waals surface area contributed by atoms with Crippen molar-refractivity contribution in [2.75, 3.05) is 13.3 Å². The van der Waals surface area contributed by atoms with E-state index in [1.165, 1.54) is 0 Å². The lowest BCUT2D eigenvalue weighted by Gasteiger charge is -2.16. The molecular weight excluding hydrogens is 300 g/mol. The molecule has 5 nitrogen and oxygen atoms in total. The summed E-state index contributed by atoms with van der Waals surface area (Å²) in [4.78, 5) is 11.5. The lowest BCUT2D eigenvalue weighted by Crippen LogP contribution is -2.34. The number of hydrogen-bond donors (Lipinski definition) is 2. The summed E-state index contributed by atoms with van der Waals surface area (Å²) in [5, 5.41) is 3.11. The van der Waals surface area contributed by atoms with Gasteiger partial charge in [-0.05, 0) is 46.6 Å². The Kier molecular flexibility index (Phi) is 4.08. The Labute approximate surface area is 114 Å². The lowest BCUT2D eigenvalue weighted by atomic mass is 10.1. The second kappa shape index (κ2) is 5.58. The minimum absolute atomic E-state index is 0.195. The highest BCUT2D eigenvalue weighted by Crippen LogP contribution is 2.41. The Morgan fingerprint density at radius 2 is 2.33 bits per heavy atom. The predicted octanol–water partition coefficient (Wildman–Crippen LogP) is 1.70. The Morgan fingerprint density at radius 1 is 1.56 bits per heavy atom. The van der Waals surface area contributed by atoms with Crippen molar-refractivity contribution in [3.05, 3.63) is 22.2 Å². The fourth-order valence-corrected chi connectivity index (χ4v) is 2.40. The molecule has 0 saturated heterocycles. The fourth-order valence-electron chi connectivity index (χ4n) is 1.83. The molecule has 1 amide bonds. The molecule has 0 radical (unpaired) electrons. The summed E-state index contributed by atoms with van der Waals surface area (Å²) in [6.07, 6.45) is 0.926. The summed E-state index contributed by atoms with van der Waals surface area (Å²) in [7, 11) is 0. The molecule has 0 bridgehead atoms. The van der Waals surface area contributed by atoms with Crippen LogP contribution in [-0.2, 0) is 4.79 Å². The second-order valence-electron chi connectivity index (χ2n) is 4.03. The molecule has 1 heterocycles.